The number of benzene rings is 1. The topological polar surface area (TPSA) is 81.5 Å². The number of aromatic nitrogens is 3. The van der Waals surface area contributed by atoms with E-state index in [1.165, 1.54) is 0 Å². The second-order valence-corrected chi connectivity index (χ2v) is 18.2. The maximum Gasteiger partial charge on any atom is 0.410 e. The molecule has 2 aromatic heterocycles. The van der Waals surface area contributed by atoms with Gasteiger partial charge in [0, 0.05) is 51.0 Å². The van der Waals surface area contributed by atoms with Crippen molar-refractivity contribution in [3.8, 4) is 11.3 Å². The Hall–Kier alpha value is -2.62. The number of fused-ring (bicyclic) bond motifs is 1. The van der Waals surface area contributed by atoms with E-state index in [4.69, 9.17) is 26.2 Å². The molecule has 0 bridgehead atoms. The predicted octanol–water partition coefficient (Wildman–Crippen LogP) is 6.88. The van der Waals surface area contributed by atoms with Gasteiger partial charge in [-0.3, -0.25) is 0 Å². The SMILES string of the molecule is CC(C)(C)OC(=O)N1CCC(Nc2cc(-c3nn(COCC[Si](C)(C)C)c4ccccc34)c(Cl)cn2)CC1. The molecule has 0 aliphatic carbocycles. The number of ether oxygens (including phenoxy) is 2. The first-order valence-corrected chi connectivity index (χ1v) is 17.4. The summed E-state index contributed by atoms with van der Waals surface area (Å²) in [6.07, 6.45) is 3.04. The number of rotatable bonds is 8. The van der Waals surface area contributed by atoms with E-state index in [2.05, 4.69) is 42.1 Å². The lowest BCUT2D eigenvalue weighted by Crippen LogP contribution is -2.44. The van der Waals surface area contributed by atoms with E-state index in [1.807, 2.05) is 43.7 Å². The number of likely N-dealkylation sites (tertiary alicyclic amines) is 1. The Kier molecular flexibility index (Phi) is 8.69. The van der Waals surface area contributed by atoms with Gasteiger partial charge < -0.3 is 19.7 Å². The van der Waals surface area contributed by atoms with Gasteiger partial charge in [-0.1, -0.05) is 49.4 Å². The van der Waals surface area contributed by atoms with E-state index in [1.54, 1.807) is 11.1 Å². The van der Waals surface area contributed by atoms with Crippen molar-refractivity contribution in [3.05, 3.63) is 41.6 Å². The Balaban J connectivity index is 1.46. The Morgan fingerprint density at radius 1 is 1.18 bits per heavy atom. The van der Waals surface area contributed by atoms with E-state index in [-0.39, 0.29) is 12.1 Å². The lowest BCUT2D eigenvalue weighted by molar-refractivity contribution is 0.0210. The maximum atomic E-state index is 12.4. The number of carbonyl (C=O) groups is 1. The molecule has 3 heterocycles. The van der Waals surface area contributed by atoms with Crippen LogP contribution in [0.15, 0.2) is 36.5 Å². The van der Waals surface area contributed by atoms with E-state index in [0.717, 1.165) is 53.5 Å². The average molecular weight is 558 g/mol. The number of anilines is 1. The lowest BCUT2D eigenvalue weighted by Gasteiger charge is -2.34. The number of amides is 1. The first kappa shape index (κ1) is 28.4. The van der Waals surface area contributed by atoms with Gasteiger partial charge in [0.15, 0.2) is 0 Å². The Morgan fingerprint density at radius 2 is 1.89 bits per heavy atom. The molecule has 1 N–H and O–H groups in total. The number of para-hydroxylation sites is 1. The number of halogens is 1. The monoisotopic (exact) mass is 557 g/mol. The van der Waals surface area contributed by atoms with Crippen LogP contribution in [0.2, 0.25) is 30.7 Å². The van der Waals surface area contributed by atoms with E-state index >= 15 is 0 Å². The van der Waals surface area contributed by atoms with Crippen molar-refractivity contribution in [1.82, 2.24) is 19.7 Å². The number of nitrogens with one attached hydrogen (secondary N) is 1. The summed E-state index contributed by atoms with van der Waals surface area (Å²) in [5.74, 6) is 0.741. The fourth-order valence-electron chi connectivity index (χ4n) is 4.40. The number of piperidine rings is 1. The molecule has 206 valence electrons. The minimum atomic E-state index is -1.16. The van der Waals surface area contributed by atoms with Gasteiger partial charge in [-0.05, 0) is 51.8 Å². The molecule has 0 spiro atoms. The van der Waals surface area contributed by atoms with Gasteiger partial charge >= 0.3 is 6.09 Å². The number of carbonyl (C=O) groups excluding carboxylic acids is 1. The van der Waals surface area contributed by atoms with E-state index < -0.39 is 13.7 Å². The highest BCUT2D eigenvalue weighted by Crippen LogP contribution is 2.34. The van der Waals surface area contributed by atoms with Gasteiger partial charge in [0.25, 0.3) is 0 Å². The quantitative estimate of drug-likeness (QED) is 0.240. The summed E-state index contributed by atoms with van der Waals surface area (Å²) in [6, 6.07) is 11.4. The summed E-state index contributed by atoms with van der Waals surface area (Å²) in [6.45, 7) is 15.1. The smallest absolute Gasteiger partial charge is 0.410 e. The molecule has 1 aromatic carbocycles. The Morgan fingerprint density at radius 3 is 2.58 bits per heavy atom. The van der Waals surface area contributed by atoms with Crippen LogP contribution in [0.3, 0.4) is 0 Å². The highest BCUT2D eigenvalue weighted by molar-refractivity contribution is 6.76. The Labute approximate surface area is 231 Å². The van der Waals surface area contributed by atoms with Crippen LogP contribution >= 0.6 is 11.6 Å². The van der Waals surface area contributed by atoms with Gasteiger partial charge in [0.05, 0.1) is 10.5 Å². The van der Waals surface area contributed by atoms with Crippen molar-refractivity contribution in [2.75, 3.05) is 25.0 Å². The van der Waals surface area contributed by atoms with Crippen LogP contribution in [-0.2, 0) is 16.2 Å². The summed E-state index contributed by atoms with van der Waals surface area (Å²) in [5, 5.41) is 10.0. The number of nitrogens with zero attached hydrogens (tertiary/aromatic N) is 4. The second-order valence-electron chi connectivity index (χ2n) is 12.1. The zero-order chi connectivity index (χ0) is 27.5. The molecular formula is C28H40ClN5O3Si. The summed E-state index contributed by atoms with van der Waals surface area (Å²) >= 11 is 6.64. The van der Waals surface area contributed by atoms with Gasteiger partial charge in [0.1, 0.15) is 23.8 Å². The van der Waals surface area contributed by atoms with Crippen LogP contribution in [-0.4, -0.2) is 65.2 Å². The fourth-order valence-corrected chi connectivity index (χ4v) is 5.34. The summed E-state index contributed by atoms with van der Waals surface area (Å²) in [7, 11) is -1.16. The van der Waals surface area contributed by atoms with Gasteiger partial charge in [-0.15, -0.1) is 0 Å². The molecular weight excluding hydrogens is 518 g/mol. The molecule has 8 nitrogen and oxygen atoms in total. The van der Waals surface area contributed by atoms with Crippen LogP contribution in [0.4, 0.5) is 10.6 Å². The van der Waals surface area contributed by atoms with Gasteiger partial charge in [-0.25, -0.2) is 14.5 Å². The number of hydrogen-bond acceptors (Lipinski definition) is 6. The maximum absolute atomic E-state index is 12.4. The molecule has 0 unspecified atom stereocenters. The Bertz CT molecular complexity index is 1260. The minimum Gasteiger partial charge on any atom is -0.444 e. The minimum absolute atomic E-state index is 0.198. The van der Waals surface area contributed by atoms with Crippen molar-refractivity contribution in [3.63, 3.8) is 0 Å². The average Bonchev–Trinajstić information content (AvgIpc) is 3.20. The van der Waals surface area contributed by atoms with Gasteiger partial charge in [-0.2, -0.15) is 5.10 Å². The molecule has 1 aliphatic rings. The molecule has 3 aromatic rings. The van der Waals surface area contributed by atoms with Crippen molar-refractivity contribution in [2.45, 2.75) is 77.7 Å². The molecule has 1 amide bonds. The first-order valence-electron chi connectivity index (χ1n) is 13.3. The molecule has 4 rings (SSSR count). The summed E-state index contributed by atoms with van der Waals surface area (Å²) in [4.78, 5) is 18.7. The van der Waals surface area contributed by atoms with Gasteiger partial charge in [0.2, 0.25) is 0 Å². The van der Waals surface area contributed by atoms with Crippen LogP contribution in [0, 0.1) is 0 Å². The standard InChI is InChI=1S/C28H40ClN5O3Si/c1-28(2,3)37-27(35)33-13-11-20(12-14-33)31-25-17-22(23(29)18-30-25)26-21-9-7-8-10-24(21)34(32-26)19-36-15-16-38(4,5)6/h7-10,17-18,20H,11-16,19H2,1-6H3,(H,30,31). The third-order valence-corrected chi connectivity index (χ3v) is 8.48. The van der Waals surface area contributed by atoms with Crippen LogP contribution in [0.5, 0.6) is 0 Å². The molecule has 1 saturated heterocycles. The summed E-state index contributed by atoms with van der Waals surface area (Å²) in [5.41, 5.74) is 2.15. The molecule has 10 heteroatoms. The molecule has 0 radical (unpaired) electrons. The van der Waals surface area contributed by atoms with Crippen LogP contribution < -0.4 is 5.32 Å². The number of pyridine rings is 1. The van der Waals surface area contributed by atoms with Crippen molar-refractivity contribution in [2.24, 2.45) is 0 Å². The predicted molar refractivity (Wildman–Crippen MR) is 157 cm³/mol. The lowest BCUT2D eigenvalue weighted by atomic mass is 10.0. The molecule has 0 atom stereocenters. The van der Waals surface area contributed by atoms with Crippen LogP contribution in [0.25, 0.3) is 22.2 Å². The second kappa shape index (κ2) is 11.6. The highest BCUT2D eigenvalue weighted by atomic mass is 35.5. The molecule has 38 heavy (non-hydrogen) atoms. The molecule has 1 aliphatic heterocycles. The largest absolute Gasteiger partial charge is 0.444 e. The third-order valence-electron chi connectivity index (χ3n) is 6.48. The first-order chi connectivity index (χ1) is 17.9. The zero-order valence-electron chi connectivity index (χ0n) is 23.4. The van der Waals surface area contributed by atoms with Crippen molar-refractivity contribution >= 4 is 42.5 Å². The number of hydrogen-bond donors (Lipinski definition) is 1. The van der Waals surface area contributed by atoms with Crippen molar-refractivity contribution in [1.29, 1.82) is 0 Å². The molecule has 1 fully saturated rings. The third kappa shape index (κ3) is 7.48. The summed E-state index contributed by atoms with van der Waals surface area (Å²) < 4.78 is 13.4. The van der Waals surface area contributed by atoms with Crippen molar-refractivity contribution < 1.29 is 14.3 Å². The highest BCUT2D eigenvalue weighted by Gasteiger charge is 2.27. The van der Waals surface area contributed by atoms with E-state index in [9.17, 15) is 4.79 Å². The normalized spacial score (nSPS) is 15.2. The fraction of sp³-hybridized carbons (Fsp3) is 0.536. The zero-order valence-corrected chi connectivity index (χ0v) is 25.1. The molecule has 0 saturated carbocycles. The van der Waals surface area contributed by atoms with E-state index in [0.29, 0.717) is 24.8 Å². The van der Waals surface area contributed by atoms with Crippen LogP contribution in [0.1, 0.15) is 33.6 Å².